The van der Waals surface area contributed by atoms with Gasteiger partial charge in [-0.15, -0.1) is 0 Å². The summed E-state index contributed by atoms with van der Waals surface area (Å²) in [4.78, 5) is 23.6. The number of aromatic nitrogens is 3. The van der Waals surface area contributed by atoms with Gasteiger partial charge in [-0.05, 0) is 56.5 Å². The number of benzene rings is 1. The Morgan fingerprint density at radius 3 is 2.96 bits per heavy atom. The fourth-order valence-electron chi connectivity index (χ4n) is 4.10. The minimum Gasteiger partial charge on any atom is -0.352 e. The topological polar surface area (TPSA) is 63.0 Å². The normalized spacial score (nSPS) is 17.7. The number of imidazole rings is 1. The zero-order valence-corrected chi connectivity index (χ0v) is 16.3. The Labute approximate surface area is 165 Å². The van der Waals surface area contributed by atoms with Crippen LogP contribution in [-0.2, 0) is 13.1 Å². The van der Waals surface area contributed by atoms with Crippen LogP contribution in [0.15, 0.2) is 48.8 Å². The van der Waals surface area contributed by atoms with E-state index >= 15 is 0 Å². The van der Waals surface area contributed by atoms with E-state index in [4.69, 9.17) is 4.98 Å². The number of hydrogen-bond acceptors (Lipinski definition) is 4. The zero-order chi connectivity index (χ0) is 19.3. The van der Waals surface area contributed by atoms with Crippen molar-refractivity contribution >= 4 is 16.9 Å². The van der Waals surface area contributed by atoms with Gasteiger partial charge < -0.3 is 9.88 Å². The molecule has 1 fully saturated rings. The number of amides is 1. The molecule has 1 aliphatic rings. The summed E-state index contributed by atoms with van der Waals surface area (Å²) < 4.78 is 2.31. The minimum absolute atomic E-state index is 0.0435. The highest BCUT2D eigenvalue weighted by atomic mass is 16.1. The predicted octanol–water partition coefficient (Wildman–Crippen LogP) is 3.09. The Morgan fingerprint density at radius 1 is 1.25 bits per heavy atom. The first kappa shape index (κ1) is 18.6. The second-order valence-corrected chi connectivity index (χ2v) is 7.46. The van der Waals surface area contributed by atoms with Gasteiger partial charge in [-0.1, -0.05) is 12.1 Å². The van der Waals surface area contributed by atoms with Gasteiger partial charge in [0, 0.05) is 32.0 Å². The summed E-state index contributed by atoms with van der Waals surface area (Å²) in [6, 6.07) is 11.9. The third kappa shape index (κ3) is 4.07. The molecule has 146 valence electrons. The number of para-hydroxylation sites is 2. The van der Waals surface area contributed by atoms with E-state index in [0.29, 0.717) is 18.0 Å². The highest BCUT2D eigenvalue weighted by Crippen LogP contribution is 2.21. The Hall–Kier alpha value is -2.73. The molecule has 1 unspecified atom stereocenters. The summed E-state index contributed by atoms with van der Waals surface area (Å²) >= 11 is 0. The summed E-state index contributed by atoms with van der Waals surface area (Å²) in [6.07, 6.45) is 5.59. The summed E-state index contributed by atoms with van der Waals surface area (Å²) in [5, 5.41) is 3.07. The van der Waals surface area contributed by atoms with Crippen LogP contribution in [0.25, 0.3) is 11.0 Å². The number of carbonyl (C=O) groups excluding carboxylic acids is 1. The smallest absolute Gasteiger partial charge is 0.252 e. The van der Waals surface area contributed by atoms with Crippen LogP contribution in [0.3, 0.4) is 0 Å². The second-order valence-electron chi connectivity index (χ2n) is 7.46. The second kappa shape index (κ2) is 8.52. The van der Waals surface area contributed by atoms with Crippen LogP contribution in [0.4, 0.5) is 0 Å². The van der Waals surface area contributed by atoms with E-state index in [1.54, 1.807) is 24.5 Å². The molecular weight excluding hydrogens is 350 g/mol. The Balaban J connectivity index is 1.37. The van der Waals surface area contributed by atoms with Crippen molar-refractivity contribution in [1.82, 2.24) is 24.8 Å². The van der Waals surface area contributed by atoms with Crippen LogP contribution in [-0.4, -0.2) is 45.0 Å². The molecule has 1 saturated heterocycles. The molecule has 0 aliphatic carbocycles. The van der Waals surface area contributed by atoms with E-state index in [1.165, 1.54) is 5.52 Å². The number of nitrogens with zero attached hydrogens (tertiary/aromatic N) is 4. The van der Waals surface area contributed by atoms with Crippen LogP contribution in [0.2, 0.25) is 0 Å². The maximum absolute atomic E-state index is 12.3. The van der Waals surface area contributed by atoms with Crippen molar-refractivity contribution in [3.05, 3.63) is 60.2 Å². The number of rotatable bonds is 6. The molecular formula is C22H27N5O. The first-order valence-corrected chi connectivity index (χ1v) is 10.1. The molecule has 1 atom stereocenters. The number of carbonyl (C=O) groups is 1. The Bertz CT molecular complexity index is 937. The molecule has 28 heavy (non-hydrogen) atoms. The minimum atomic E-state index is -0.0435. The van der Waals surface area contributed by atoms with E-state index in [1.807, 2.05) is 6.07 Å². The molecule has 0 radical (unpaired) electrons. The Morgan fingerprint density at radius 2 is 2.14 bits per heavy atom. The van der Waals surface area contributed by atoms with E-state index < -0.39 is 0 Å². The maximum atomic E-state index is 12.3. The molecule has 1 aliphatic heterocycles. The zero-order valence-electron chi connectivity index (χ0n) is 16.3. The fourth-order valence-corrected chi connectivity index (χ4v) is 4.10. The van der Waals surface area contributed by atoms with E-state index in [2.05, 4.69) is 44.9 Å². The first-order chi connectivity index (χ1) is 13.7. The average Bonchev–Trinajstić information content (AvgIpc) is 3.09. The lowest BCUT2D eigenvalue weighted by Crippen LogP contribution is -2.41. The van der Waals surface area contributed by atoms with Crippen LogP contribution < -0.4 is 5.32 Å². The molecule has 2 aromatic heterocycles. The molecule has 3 heterocycles. The maximum Gasteiger partial charge on any atom is 0.252 e. The van der Waals surface area contributed by atoms with E-state index in [-0.39, 0.29) is 5.91 Å². The lowest BCUT2D eigenvalue weighted by atomic mass is 9.98. The van der Waals surface area contributed by atoms with Crippen LogP contribution in [0.1, 0.15) is 35.9 Å². The van der Waals surface area contributed by atoms with Gasteiger partial charge in [0.2, 0.25) is 0 Å². The number of pyridine rings is 1. The molecule has 1 amide bonds. The van der Waals surface area contributed by atoms with Crippen LogP contribution >= 0.6 is 0 Å². The highest BCUT2D eigenvalue weighted by molar-refractivity contribution is 5.93. The summed E-state index contributed by atoms with van der Waals surface area (Å²) in [6.45, 7) is 6.73. The standard InChI is InChI=1S/C22H27N5O/c1-2-27-20-10-4-3-9-19(20)25-21(27)16-26-12-6-7-17(15-26)13-24-22(28)18-8-5-11-23-14-18/h3-5,8-11,14,17H,2,6-7,12-13,15-16H2,1H3,(H,24,28). The van der Waals surface area contributed by atoms with Crippen molar-refractivity contribution in [3.63, 3.8) is 0 Å². The molecule has 6 heteroatoms. The molecule has 0 spiro atoms. The lowest BCUT2D eigenvalue weighted by molar-refractivity contribution is 0.0929. The van der Waals surface area contributed by atoms with Crippen molar-refractivity contribution in [2.24, 2.45) is 5.92 Å². The van der Waals surface area contributed by atoms with Crippen molar-refractivity contribution in [2.75, 3.05) is 19.6 Å². The number of likely N-dealkylation sites (tertiary alicyclic amines) is 1. The van der Waals surface area contributed by atoms with E-state index in [0.717, 1.165) is 50.4 Å². The van der Waals surface area contributed by atoms with Gasteiger partial charge in [-0.25, -0.2) is 4.98 Å². The lowest BCUT2D eigenvalue weighted by Gasteiger charge is -2.32. The molecule has 3 aromatic rings. The SMILES string of the molecule is CCn1c(CN2CCCC(CNC(=O)c3cccnc3)C2)nc2ccccc21. The fraction of sp³-hybridized carbons (Fsp3) is 0.409. The monoisotopic (exact) mass is 377 g/mol. The molecule has 1 aromatic carbocycles. The number of hydrogen-bond donors (Lipinski definition) is 1. The van der Waals surface area contributed by atoms with Crippen molar-refractivity contribution in [2.45, 2.75) is 32.9 Å². The third-order valence-electron chi connectivity index (χ3n) is 5.49. The number of fused-ring (bicyclic) bond motifs is 1. The molecule has 0 bridgehead atoms. The van der Waals surface area contributed by atoms with Gasteiger partial charge >= 0.3 is 0 Å². The highest BCUT2D eigenvalue weighted by Gasteiger charge is 2.22. The van der Waals surface area contributed by atoms with Crippen molar-refractivity contribution in [1.29, 1.82) is 0 Å². The molecule has 1 N–H and O–H groups in total. The van der Waals surface area contributed by atoms with Gasteiger partial charge in [0.1, 0.15) is 5.82 Å². The molecule has 0 saturated carbocycles. The first-order valence-electron chi connectivity index (χ1n) is 10.1. The van der Waals surface area contributed by atoms with Gasteiger partial charge in [-0.3, -0.25) is 14.7 Å². The van der Waals surface area contributed by atoms with Gasteiger partial charge in [0.15, 0.2) is 0 Å². The van der Waals surface area contributed by atoms with Gasteiger partial charge in [-0.2, -0.15) is 0 Å². The summed E-state index contributed by atoms with van der Waals surface area (Å²) in [7, 11) is 0. The summed E-state index contributed by atoms with van der Waals surface area (Å²) in [5.74, 6) is 1.55. The van der Waals surface area contributed by atoms with E-state index in [9.17, 15) is 4.79 Å². The average molecular weight is 377 g/mol. The molecule has 6 nitrogen and oxygen atoms in total. The number of piperidine rings is 1. The molecule has 4 rings (SSSR count). The van der Waals surface area contributed by atoms with Crippen molar-refractivity contribution < 1.29 is 4.79 Å². The number of nitrogens with one attached hydrogen (secondary N) is 1. The third-order valence-corrected chi connectivity index (χ3v) is 5.49. The van der Waals surface area contributed by atoms with Gasteiger partial charge in [0.05, 0.1) is 23.1 Å². The van der Waals surface area contributed by atoms with Crippen LogP contribution in [0, 0.1) is 5.92 Å². The quantitative estimate of drug-likeness (QED) is 0.717. The van der Waals surface area contributed by atoms with Crippen molar-refractivity contribution in [3.8, 4) is 0 Å². The number of aryl methyl sites for hydroxylation is 1. The Kier molecular flexibility index (Phi) is 5.67. The largest absolute Gasteiger partial charge is 0.352 e. The van der Waals surface area contributed by atoms with Gasteiger partial charge in [0.25, 0.3) is 5.91 Å². The van der Waals surface area contributed by atoms with Crippen LogP contribution in [0.5, 0.6) is 0 Å². The predicted molar refractivity (Wildman–Crippen MR) is 110 cm³/mol. The summed E-state index contributed by atoms with van der Waals surface area (Å²) in [5.41, 5.74) is 2.89.